The van der Waals surface area contributed by atoms with Gasteiger partial charge in [-0.2, -0.15) is 0 Å². The first-order valence-electron chi connectivity index (χ1n) is 6.17. The van der Waals surface area contributed by atoms with E-state index in [0.29, 0.717) is 15.5 Å². The van der Waals surface area contributed by atoms with Crippen molar-refractivity contribution in [3.63, 3.8) is 0 Å². The topological polar surface area (TPSA) is 0 Å². The van der Waals surface area contributed by atoms with Crippen molar-refractivity contribution < 1.29 is 0 Å². The van der Waals surface area contributed by atoms with Gasteiger partial charge >= 0.3 is 0 Å². The third-order valence-corrected chi connectivity index (χ3v) is 40.5. The monoisotopic (exact) mass is 326 g/mol. The minimum Gasteiger partial charge on any atom is -0.0555 e. The summed E-state index contributed by atoms with van der Waals surface area (Å²) in [5, 5.41) is 1.64. The van der Waals surface area contributed by atoms with E-state index in [-0.39, 0.29) is 21.9 Å². The maximum Gasteiger partial charge on any atom is -0.00579 e. The van der Waals surface area contributed by atoms with Crippen LogP contribution in [0, 0.1) is 0 Å². The molecule has 0 saturated heterocycles. The highest BCUT2D eigenvalue weighted by molar-refractivity contribution is 8.94. The molecular formula is C12H27P5. The van der Waals surface area contributed by atoms with Gasteiger partial charge in [-0.25, -0.2) is 0 Å². The molecular weight excluding hydrogens is 299 g/mol. The number of hydrogen-bond acceptors (Lipinski definition) is 0. The van der Waals surface area contributed by atoms with Crippen LogP contribution in [0.3, 0.4) is 0 Å². The zero-order valence-electron chi connectivity index (χ0n) is 12.7. The molecule has 2 atom stereocenters. The highest BCUT2D eigenvalue weighted by Crippen LogP contribution is 3.09. The molecule has 0 aromatic heterocycles. The van der Waals surface area contributed by atoms with E-state index in [1.165, 1.54) is 0 Å². The Labute approximate surface area is 115 Å². The number of hydrogen-bond donors (Lipinski definition) is 0. The van der Waals surface area contributed by atoms with Crippen LogP contribution in [0.25, 0.3) is 0 Å². The zero-order valence-corrected chi connectivity index (χ0v) is 17.2. The van der Waals surface area contributed by atoms with E-state index in [9.17, 15) is 0 Å². The van der Waals surface area contributed by atoms with Crippen molar-refractivity contribution in [3.8, 4) is 0 Å². The molecule has 0 radical (unpaired) electrons. The van der Waals surface area contributed by atoms with E-state index in [0.717, 1.165) is 0 Å². The Hall–Kier alpha value is 1.89. The highest BCUT2D eigenvalue weighted by Gasteiger charge is 2.48. The predicted octanol–water partition coefficient (Wildman–Crippen LogP) is 8.31. The Kier molecular flexibility index (Phi) is 5.33. The molecule has 0 spiro atoms. The maximum atomic E-state index is 2.50. The van der Waals surface area contributed by atoms with Gasteiger partial charge in [-0.3, -0.25) is 0 Å². The summed E-state index contributed by atoms with van der Waals surface area (Å²) in [5.74, 6) is 0. The van der Waals surface area contributed by atoms with Crippen LogP contribution in [0.15, 0.2) is 0 Å². The first kappa shape index (κ1) is 16.9. The fourth-order valence-electron chi connectivity index (χ4n) is 1.64. The third-order valence-electron chi connectivity index (χ3n) is 2.37. The van der Waals surface area contributed by atoms with Crippen molar-refractivity contribution in [1.29, 1.82) is 0 Å². The summed E-state index contributed by atoms with van der Waals surface area (Å²) >= 11 is 0. The lowest BCUT2D eigenvalue weighted by atomic mass is 10.3. The Balaban J connectivity index is 3.12. The molecule has 17 heavy (non-hydrogen) atoms. The smallest absolute Gasteiger partial charge is 0.00579 e. The van der Waals surface area contributed by atoms with Gasteiger partial charge in [0, 0.05) is 0 Å². The van der Waals surface area contributed by atoms with Gasteiger partial charge < -0.3 is 0 Å². The fourth-order valence-corrected chi connectivity index (χ4v) is 59.2. The van der Waals surface area contributed by atoms with Gasteiger partial charge in [0.25, 0.3) is 0 Å². The minimum atomic E-state index is 0.212. The molecule has 0 bridgehead atoms. The molecule has 1 heterocycles. The van der Waals surface area contributed by atoms with Crippen LogP contribution in [0.5, 0.6) is 0 Å². The molecule has 0 aliphatic carbocycles. The summed E-state index contributed by atoms with van der Waals surface area (Å²) < 4.78 is 0. The van der Waals surface area contributed by atoms with Gasteiger partial charge in [0.1, 0.15) is 0 Å². The first-order valence-corrected chi connectivity index (χ1v) is 15.5. The number of rotatable bonds is 0. The van der Waals surface area contributed by atoms with Crippen molar-refractivity contribution in [1.82, 2.24) is 0 Å². The van der Waals surface area contributed by atoms with Crippen LogP contribution >= 0.6 is 37.0 Å². The summed E-state index contributed by atoms with van der Waals surface area (Å²) in [7, 11) is 4.21. The molecule has 0 N–H and O–H groups in total. The third kappa shape index (κ3) is 4.18. The average molecular weight is 326 g/mol. The molecule has 2 unspecified atom stereocenters. The zero-order chi connectivity index (χ0) is 13.6. The SMILES string of the molecule is CC(C)(C)P1P=PP(C(C)(C)C)P1C(C)(C)C. The van der Waals surface area contributed by atoms with Crippen molar-refractivity contribution in [2.75, 3.05) is 0 Å². The summed E-state index contributed by atoms with van der Waals surface area (Å²) in [6.45, 7) is 22.3. The summed E-state index contributed by atoms with van der Waals surface area (Å²) in [4.78, 5) is 0. The summed E-state index contributed by atoms with van der Waals surface area (Å²) in [6.07, 6.45) is 0. The molecule has 0 aromatic rings. The highest BCUT2D eigenvalue weighted by atomic mass is 32.9. The largest absolute Gasteiger partial charge is 0.0555 e. The lowest BCUT2D eigenvalue weighted by molar-refractivity contribution is 0.778. The van der Waals surface area contributed by atoms with Gasteiger partial charge in [-0.15, -0.1) is 0 Å². The van der Waals surface area contributed by atoms with Gasteiger partial charge in [-0.1, -0.05) is 62.3 Å². The lowest BCUT2D eigenvalue weighted by Crippen LogP contribution is -2.17. The second-order valence-corrected chi connectivity index (χ2v) is 28.0. The van der Waals surface area contributed by atoms with Crippen LogP contribution in [0.1, 0.15) is 62.3 Å². The van der Waals surface area contributed by atoms with Crippen LogP contribution in [-0.2, 0) is 0 Å². The van der Waals surface area contributed by atoms with E-state index in [2.05, 4.69) is 62.3 Å². The van der Waals surface area contributed by atoms with E-state index >= 15 is 0 Å². The van der Waals surface area contributed by atoms with E-state index < -0.39 is 0 Å². The minimum absolute atomic E-state index is 0.212. The quantitative estimate of drug-likeness (QED) is 0.393. The second-order valence-electron chi connectivity index (χ2n) is 7.56. The van der Waals surface area contributed by atoms with Crippen molar-refractivity contribution >= 4 is 37.0 Å². The van der Waals surface area contributed by atoms with Crippen LogP contribution in [0.2, 0.25) is 0 Å². The Morgan fingerprint density at radius 2 is 0.824 bits per heavy atom. The van der Waals surface area contributed by atoms with Crippen LogP contribution < -0.4 is 0 Å². The average Bonchev–Trinajstić information content (AvgIpc) is 2.42. The Morgan fingerprint density at radius 1 is 0.529 bits per heavy atom. The molecule has 100 valence electrons. The fraction of sp³-hybridized carbons (Fsp3) is 1.00. The van der Waals surface area contributed by atoms with Gasteiger partial charge in [0.15, 0.2) is 0 Å². The summed E-state index contributed by atoms with van der Waals surface area (Å²) in [6, 6.07) is 0. The molecule has 1 rings (SSSR count). The molecule has 0 nitrogen and oxygen atoms in total. The van der Waals surface area contributed by atoms with E-state index in [1.54, 1.807) is 15.1 Å². The van der Waals surface area contributed by atoms with E-state index in [4.69, 9.17) is 0 Å². The van der Waals surface area contributed by atoms with Crippen molar-refractivity contribution in [2.45, 2.75) is 77.8 Å². The molecule has 5 heteroatoms. The lowest BCUT2D eigenvalue weighted by Gasteiger charge is -2.45. The second kappa shape index (κ2) is 5.35. The molecule has 0 saturated carbocycles. The summed E-state index contributed by atoms with van der Waals surface area (Å²) in [5.41, 5.74) is 0. The van der Waals surface area contributed by atoms with Crippen molar-refractivity contribution in [2.24, 2.45) is 0 Å². The molecule has 1 aliphatic rings. The van der Waals surface area contributed by atoms with Crippen molar-refractivity contribution in [3.05, 3.63) is 0 Å². The predicted molar refractivity (Wildman–Crippen MR) is 93.9 cm³/mol. The standard InChI is InChI=1S/C12H27P5/c1-10(2,3)15-13-14-16(11(4,5)6)17(15)12(7,8)9/h1-9H3. The van der Waals surface area contributed by atoms with Crippen LogP contribution in [-0.4, -0.2) is 15.5 Å². The molecule has 0 amide bonds. The van der Waals surface area contributed by atoms with E-state index in [1.807, 2.05) is 0 Å². The van der Waals surface area contributed by atoms with Gasteiger partial charge in [-0.05, 0) is 52.5 Å². The molecule has 0 fully saturated rings. The maximum absolute atomic E-state index is 2.50. The first-order chi connectivity index (χ1) is 7.35. The van der Waals surface area contributed by atoms with Crippen LogP contribution in [0.4, 0.5) is 0 Å². The Morgan fingerprint density at radius 3 is 1.00 bits per heavy atom. The molecule has 1 aliphatic heterocycles. The van der Waals surface area contributed by atoms with Gasteiger partial charge in [0.05, 0.1) is 0 Å². The van der Waals surface area contributed by atoms with Gasteiger partial charge in [0.2, 0.25) is 0 Å². The Bertz CT molecular complexity index is 278. The molecule has 0 aromatic carbocycles. The normalized spacial score (nSPS) is 32.9.